The van der Waals surface area contributed by atoms with Gasteiger partial charge < -0.3 is 25.4 Å². The van der Waals surface area contributed by atoms with E-state index in [0.29, 0.717) is 18.8 Å². The summed E-state index contributed by atoms with van der Waals surface area (Å²) in [6, 6.07) is 8.20. The summed E-state index contributed by atoms with van der Waals surface area (Å²) in [6.45, 7) is 2.16. The standard InChI is InChI=1S/C16H19N5O2/c17-16-18-6-5-15(20-16)21-7-1-2-12(9-21)19-11-3-4-13-14(8-11)23-10-22-13/h3-6,8,12,19H,1-2,7,9-10H2,(H2,17,18,20)/t12-/m1/s1. The van der Waals surface area contributed by atoms with Gasteiger partial charge in [0.25, 0.3) is 0 Å². The molecule has 23 heavy (non-hydrogen) atoms. The van der Waals surface area contributed by atoms with Crippen LogP contribution in [0, 0.1) is 0 Å². The van der Waals surface area contributed by atoms with Crippen LogP contribution in [0.4, 0.5) is 17.5 Å². The molecule has 0 saturated carbocycles. The van der Waals surface area contributed by atoms with Crippen LogP contribution < -0.4 is 25.4 Å². The van der Waals surface area contributed by atoms with Crippen molar-refractivity contribution in [3.8, 4) is 11.5 Å². The molecule has 7 nitrogen and oxygen atoms in total. The molecule has 1 atom stereocenters. The molecule has 0 spiro atoms. The molecule has 2 aliphatic rings. The third-order valence-corrected chi connectivity index (χ3v) is 4.15. The zero-order valence-electron chi connectivity index (χ0n) is 12.7. The average molecular weight is 313 g/mol. The fraction of sp³-hybridized carbons (Fsp3) is 0.375. The molecule has 0 unspecified atom stereocenters. The Morgan fingerprint density at radius 1 is 1.22 bits per heavy atom. The van der Waals surface area contributed by atoms with Crippen LogP contribution in [0.5, 0.6) is 11.5 Å². The van der Waals surface area contributed by atoms with Crippen molar-refractivity contribution in [1.29, 1.82) is 0 Å². The Morgan fingerprint density at radius 3 is 3.04 bits per heavy atom. The Balaban J connectivity index is 1.45. The minimum atomic E-state index is 0.297. The number of nitrogens with zero attached hydrogens (tertiary/aromatic N) is 3. The molecular formula is C16H19N5O2. The van der Waals surface area contributed by atoms with Gasteiger partial charge in [-0.2, -0.15) is 4.98 Å². The summed E-state index contributed by atoms with van der Waals surface area (Å²) < 4.78 is 10.8. The molecule has 3 heterocycles. The van der Waals surface area contributed by atoms with Crippen LogP contribution >= 0.6 is 0 Å². The number of piperidine rings is 1. The molecule has 4 rings (SSSR count). The van der Waals surface area contributed by atoms with E-state index in [2.05, 4.69) is 20.2 Å². The van der Waals surface area contributed by atoms with E-state index in [9.17, 15) is 0 Å². The molecule has 1 aromatic carbocycles. The second kappa shape index (κ2) is 5.83. The van der Waals surface area contributed by atoms with Gasteiger partial charge in [-0.1, -0.05) is 0 Å². The lowest BCUT2D eigenvalue weighted by Crippen LogP contribution is -2.42. The second-order valence-electron chi connectivity index (χ2n) is 5.77. The van der Waals surface area contributed by atoms with Crippen molar-refractivity contribution in [2.24, 2.45) is 0 Å². The zero-order valence-corrected chi connectivity index (χ0v) is 12.7. The third kappa shape index (κ3) is 2.94. The van der Waals surface area contributed by atoms with E-state index in [-0.39, 0.29) is 0 Å². The molecular weight excluding hydrogens is 294 g/mol. The van der Waals surface area contributed by atoms with Gasteiger partial charge in [-0.25, -0.2) is 4.98 Å². The highest BCUT2D eigenvalue weighted by Crippen LogP contribution is 2.34. The molecule has 0 radical (unpaired) electrons. The molecule has 1 aromatic heterocycles. The molecule has 2 aromatic rings. The van der Waals surface area contributed by atoms with Crippen molar-refractivity contribution in [3.63, 3.8) is 0 Å². The highest BCUT2D eigenvalue weighted by Gasteiger charge is 2.22. The van der Waals surface area contributed by atoms with Crippen LogP contribution in [0.2, 0.25) is 0 Å². The normalized spacial score (nSPS) is 19.7. The zero-order chi connectivity index (χ0) is 15.6. The van der Waals surface area contributed by atoms with Crippen molar-refractivity contribution < 1.29 is 9.47 Å². The van der Waals surface area contributed by atoms with Crippen LogP contribution in [0.3, 0.4) is 0 Å². The van der Waals surface area contributed by atoms with Crippen molar-refractivity contribution in [2.75, 3.05) is 35.8 Å². The smallest absolute Gasteiger partial charge is 0.231 e. The predicted molar refractivity (Wildman–Crippen MR) is 87.9 cm³/mol. The van der Waals surface area contributed by atoms with Crippen molar-refractivity contribution >= 4 is 17.5 Å². The van der Waals surface area contributed by atoms with E-state index in [1.54, 1.807) is 6.20 Å². The summed E-state index contributed by atoms with van der Waals surface area (Å²) >= 11 is 0. The SMILES string of the molecule is Nc1nccc(N2CCC[C@@H](Nc3ccc4c(c3)OCO4)C2)n1. The summed E-state index contributed by atoms with van der Waals surface area (Å²) in [6.07, 6.45) is 3.92. The van der Waals surface area contributed by atoms with E-state index in [1.807, 2.05) is 24.3 Å². The van der Waals surface area contributed by atoms with Gasteiger partial charge >= 0.3 is 0 Å². The average Bonchev–Trinajstić information content (AvgIpc) is 3.03. The van der Waals surface area contributed by atoms with E-state index in [1.165, 1.54) is 0 Å². The molecule has 0 aliphatic carbocycles. The number of anilines is 3. The lowest BCUT2D eigenvalue weighted by molar-refractivity contribution is 0.174. The highest BCUT2D eigenvalue weighted by atomic mass is 16.7. The fourth-order valence-corrected chi connectivity index (χ4v) is 3.06. The summed E-state index contributed by atoms with van der Waals surface area (Å²) in [7, 11) is 0. The number of rotatable bonds is 3. The molecule has 3 N–H and O–H groups in total. The van der Waals surface area contributed by atoms with Crippen molar-refractivity contribution in [1.82, 2.24) is 9.97 Å². The summed E-state index contributed by atoms with van der Waals surface area (Å²) in [5.74, 6) is 2.80. The van der Waals surface area contributed by atoms with Gasteiger partial charge in [-0.05, 0) is 31.0 Å². The highest BCUT2D eigenvalue weighted by molar-refractivity contribution is 5.56. The second-order valence-corrected chi connectivity index (χ2v) is 5.77. The molecule has 1 fully saturated rings. The van der Waals surface area contributed by atoms with Crippen LogP contribution in [0.25, 0.3) is 0 Å². The minimum Gasteiger partial charge on any atom is -0.454 e. The Morgan fingerprint density at radius 2 is 2.13 bits per heavy atom. The number of aromatic nitrogens is 2. The molecule has 7 heteroatoms. The Hall–Kier alpha value is -2.70. The van der Waals surface area contributed by atoms with E-state index >= 15 is 0 Å². The van der Waals surface area contributed by atoms with E-state index < -0.39 is 0 Å². The van der Waals surface area contributed by atoms with Crippen molar-refractivity contribution in [3.05, 3.63) is 30.5 Å². The number of hydrogen-bond acceptors (Lipinski definition) is 7. The number of nitrogen functional groups attached to an aromatic ring is 1. The first-order valence-electron chi connectivity index (χ1n) is 7.77. The first-order chi connectivity index (χ1) is 11.3. The van der Waals surface area contributed by atoms with Crippen LogP contribution in [-0.4, -0.2) is 35.9 Å². The lowest BCUT2D eigenvalue weighted by Gasteiger charge is -2.34. The van der Waals surface area contributed by atoms with Gasteiger partial charge in [0.2, 0.25) is 12.7 Å². The number of benzene rings is 1. The quantitative estimate of drug-likeness (QED) is 0.894. The largest absolute Gasteiger partial charge is 0.454 e. The van der Waals surface area contributed by atoms with Crippen LogP contribution in [0.15, 0.2) is 30.5 Å². The molecule has 120 valence electrons. The number of fused-ring (bicyclic) bond motifs is 1. The predicted octanol–water partition coefficient (Wildman–Crippen LogP) is 1.87. The maximum Gasteiger partial charge on any atom is 0.231 e. The van der Waals surface area contributed by atoms with Gasteiger partial charge in [0.05, 0.1) is 0 Å². The fourth-order valence-electron chi connectivity index (χ4n) is 3.06. The lowest BCUT2D eigenvalue weighted by atomic mass is 10.1. The van der Waals surface area contributed by atoms with Crippen molar-refractivity contribution in [2.45, 2.75) is 18.9 Å². The number of nitrogens with one attached hydrogen (secondary N) is 1. The summed E-state index contributed by atoms with van der Waals surface area (Å²) in [5, 5.41) is 3.57. The maximum atomic E-state index is 5.69. The maximum absolute atomic E-state index is 5.69. The Bertz CT molecular complexity index is 709. The minimum absolute atomic E-state index is 0.297. The molecule has 2 aliphatic heterocycles. The third-order valence-electron chi connectivity index (χ3n) is 4.15. The monoisotopic (exact) mass is 313 g/mol. The Labute approximate surface area is 134 Å². The van der Waals surface area contributed by atoms with E-state index in [4.69, 9.17) is 15.2 Å². The van der Waals surface area contributed by atoms with Gasteiger partial charge in [0.15, 0.2) is 11.5 Å². The van der Waals surface area contributed by atoms with Gasteiger partial charge in [0.1, 0.15) is 5.82 Å². The summed E-state index contributed by atoms with van der Waals surface area (Å²) in [4.78, 5) is 10.5. The molecule has 1 saturated heterocycles. The first-order valence-corrected chi connectivity index (χ1v) is 7.77. The van der Waals surface area contributed by atoms with Gasteiger partial charge in [0, 0.05) is 37.1 Å². The topological polar surface area (TPSA) is 85.5 Å². The number of nitrogens with two attached hydrogens (primary N) is 1. The van der Waals surface area contributed by atoms with Crippen LogP contribution in [0.1, 0.15) is 12.8 Å². The van der Waals surface area contributed by atoms with Crippen LogP contribution in [-0.2, 0) is 0 Å². The van der Waals surface area contributed by atoms with Gasteiger partial charge in [-0.3, -0.25) is 0 Å². The number of hydrogen-bond donors (Lipinski definition) is 2. The molecule has 0 amide bonds. The Kier molecular flexibility index (Phi) is 3.53. The van der Waals surface area contributed by atoms with Gasteiger partial charge in [-0.15, -0.1) is 0 Å². The first kappa shape index (κ1) is 13.9. The molecule has 0 bridgehead atoms. The summed E-state index contributed by atoms with van der Waals surface area (Å²) in [5.41, 5.74) is 6.73. The van der Waals surface area contributed by atoms with E-state index in [0.717, 1.165) is 48.9 Å². The number of ether oxygens (including phenoxy) is 2.